The van der Waals surface area contributed by atoms with Gasteiger partial charge in [0.1, 0.15) is 0 Å². The lowest BCUT2D eigenvalue weighted by molar-refractivity contribution is 1.26. The third kappa shape index (κ3) is 8.62. The Morgan fingerprint density at radius 3 is 0.487 bits per heavy atom. The van der Waals surface area contributed by atoms with Crippen molar-refractivity contribution in [3.8, 4) is 11.1 Å². The van der Waals surface area contributed by atoms with Gasteiger partial charge in [-0.25, -0.2) is 0 Å². The molecule has 0 bridgehead atoms. The molecule has 14 rings (SSSR count). The molecule has 0 unspecified atom stereocenters. The molecule has 378 valence electrons. The Morgan fingerprint density at radius 2 is 0.275 bits per heavy atom. The van der Waals surface area contributed by atoms with E-state index in [0.29, 0.717) is 0 Å². The minimum Gasteiger partial charge on any atom is -0.311 e. The average molecular weight is 1020 g/mol. The molecule has 0 radical (unpaired) electrons. The molecular formula is C76H54N4. The molecule has 0 atom stereocenters. The van der Waals surface area contributed by atoms with E-state index in [1.807, 2.05) is 0 Å². The normalized spacial score (nSPS) is 11.2. The van der Waals surface area contributed by atoms with Crippen LogP contribution in [0.15, 0.2) is 328 Å². The molecule has 0 aliphatic rings. The van der Waals surface area contributed by atoms with Crippen molar-refractivity contribution >= 4 is 111 Å². The van der Waals surface area contributed by atoms with Crippen molar-refractivity contribution in [2.45, 2.75) is 0 Å². The lowest BCUT2D eigenvalue weighted by atomic mass is 9.84. The third-order valence-electron chi connectivity index (χ3n) is 15.3. The third-order valence-corrected chi connectivity index (χ3v) is 15.3. The van der Waals surface area contributed by atoms with Gasteiger partial charge in [0.05, 0.1) is 11.4 Å². The van der Waals surface area contributed by atoms with Crippen LogP contribution in [0.1, 0.15) is 0 Å². The summed E-state index contributed by atoms with van der Waals surface area (Å²) in [5.41, 5.74) is 15.5. The molecule has 14 aromatic rings. The quantitative estimate of drug-likeness (QED) is 0.107. The maximum atomic E-state index is 2.45. The number of fused-ring (bicyclic) bond motifs is 4. The summed E-state index contributed by atoms with van der Waals surface area (Å²) in [6.07, 6.45) is 0. The van der Waals surface area contributed by atoms with E-state index in [2.05, 4.69) is 347 Å². The molecule has 0 aromatic heterocycles. The molecular weight excluding hydrogens is 969 g/mol. The Morgan fingerprint density at radius 1 is 0.125 bits per heavy atom. The molecule has 0 heterocycles. The molecule has 0 aliphatic heterocycles. The Bertz CT molecular complexity index is 3960. The fourth-order valence-corrected chi connectivity index (χ4v) is 11.9. The number of hydrogen-bond donors (Lipinski definition) is 0. The van der Waals surface area contributed by atoms with Gasteiger partial charge in [-0.05, 0) is 154 Å². The van der Waals surface area contributed by atoms with Gasteiger partial charge in [0.2, 0.25) is 0 Å². The van der Waals surface area contributed by atoms with E-state index in [4.69, 9.17) is 0 Å². The Balaban J connectivity index is 0.971. The number of para-hydroxylation sites is 6. The van der Waals surface area contributed by atoms with Crippen molar-refractivity contribution in [3.05, 3.63) is 328 Å². The monoisotopic (exact) mass is 1020 g/mol. The second-order valence-corrected chi connectivity index (χ2v) is 20.0. The van der Waals surface area contributed by atoms with Crippen LogP contribution in [0.4, 0.5) is 68.2 Å². The predicted molar refractivity (Wildman–Crippen MR) is 341 cm³/mol. The highest BCUT2D eigenvalue weighted by Gasteiger charge is 2.27. The SMILES string of the molecule is c1ccc(N(c2ccccc2)c2ccc(N(c3ccccc3)c3c4ccccc4c(-c4c5ccccc5c(N(c5ccccc5)c5ccc(N(c6ccccc6)c6ccccc6)cc5)c5ccccc45)c4ccccc34)cc2)cc1. The summed E-state index contributed by atoms with van der Waals surface area (Å²) < 4.78 is 0. The van der Waals surface area contributed by atoms with Crippen LogP contribution in [0.25, 0.3) is 54.2 Å². The highest BCUT2D eigenvalue weighted by Crippen LogP contribution is 2.54. The molecule has 0 saturated carbocycles. The Labute approximate surface area is 467 Å². The van der Waals surface area contributed by atoms with Gasteiger partial charge in [0, 0.05) is 78.4 Å². The van der Waals surface area contributed by atoms with Gasteiger partial charge in [-0.1, -0.05) is 206 Å². The van der Waals surface area contributed by atoms with Crippen molar-refractivity contribution in [3.63, 3.8) is 0 Å². The fourth-order valence-electron chi connectivity index (χ4n) is 11.9. The van der Waals surface area contributed by atoms with Crippen molar-refractivity contribution in [2.75, 3.05) is 19.6 Å². The summed E-state index contributed by atoms with van der Waals surface area (Å²) in [6, 6.07) is 118. The van der Waals surface area contributed by atoms with E-state index in [1.165, 1.54) is 32.7 Å². The predicted octanol–water partition coefficient (Wildman–Crippen LogP) is 21.8. The minimum absolute atomic E-state index is 1.06. The van der Waals surface area contributed by atoms with Crippen LogP contribution >= 0.6 is 0 Å². The zero-order valence-electron chi connectivity index (χ0n) is 44.0. The average Bonchev–Trinajstić information content (AvgIpc) is 3.72. The Kier molecular flexibility index (Phi) is 12.6. The van der Waals surface area contributed by atoms with Crippen molar-refractivity contribution in [1.29, 1.82) is 0 Å². The minimum atomic E-state index is 1.06. The van der Waals surface area contributed by atoms with Gasteiger partial charge in [0.15, 0.2) is 0 Å². The van der Waals surface area contributed by atoms with Crippen molar-refractivity contribution in [1.82, 2.24) is 0 Å². The second kappa shape index (κ2) is 21.0. The number of hydrogen-bond acceptors (Lipinski definition) is 4. The van der Waals surface area contributed by atoms with Gasteiger partial charge in [0.25, 0.3) is 0 Å². The molecule has 4 heteroatoms. The van der Waals surface area contributed by atoms with Crippen LogP contribution in [-0.2, 0) is 0 Å². The molecule has 4 nitrogen and oxygen atoms in total. The lowest BCUT2D eigenvalue weighted by Gasteiger charge is -2.32. The number of nitrogens with zero attached hydrogens (tertiary/aromatic N) is 4. The fraction of sp³-hybridized carbons (Fsp3) is 0. The largest absolute Gasteiger partial charge is 0.311 e. The van der Waals surface area contributed by atoms with Gasteiger partial charge in [-0.15, -0.1) is 0 Å². The van der Waals surface area contributed by atoms with Crippen molar-refractivity contribution in [2.24, 2.45) is 0 Å². The number of benzene rings is 14. The highest BCUT2D eigenvalue weighted by atomic mass is 15.2. The smallest absolute Gasteiger partial charge is 0.0618 e. The molecule has 0 saturated heterocycles. The van der Waals surface area contributed by atoms with E-state index in [-0.39, 0.29) is 0 Å². The lowest BCUT2D eigenvalue weighted by Crippen LogP contribution is -2.13. The zero-order valence-corrected chi connectivity index (χ0v) is 44.0. The first-order chi connectivity index (χ1) is 39.8. The van der Waals surface area contributed by atoms with E-state index < -0.39 is 0 Å². The van der Waals surface area contributed by atoms with E-state index in [9.17, 15) is 0 Å². The van der Waals surface area contributed by atoms with Crippen molar-refractivity contribution < 1.29 is 0 Å². The zero-order chi connectivity index (χ0) is 53.2. The second-order valence-electron chi connectivity index (χ2n) is 20.0. The molecule has 0 fully saturated rings. The highest BCUT2D eigenvalue weighted by molar-refractivity contribution is 6.30. The van der Waals surface area contributed by atoms with Crippen LogP contribution in [0.2, 0.25) is 0 Å². The number of anilines is 12. The van der Waals surface area contributed by atoms with Gasteiger partial charge < -0.3 is 19.6 Å². The molecule has 80 heavy (non-hydrogen) atoms. The number of rotatable bonds is 13. The maximum Gasteiger partial charge on any atom is 0.0618 e. The Hall–Kier alpha value is -10.7. The van der Waals surface area contributed by atoms with Gasteiger partial charge >= 0.3 is 0 Å². The molecule has 0 N–H and O–H groups in total. The van der Waals surface area contributed by atoms with Gasteiger partial charge in [-0.3, -0.25) is 0 Å². The van der Waals surface area contributed by atoms with E-state index in [0.717, 1.165) is 89.8 Å². The first-order valence-corrected chi connectivity index (χ1v) is 27.3. The summed E-state index contributed by atoms with van der Waals surface area (Å²) >= 11 is 0. The molecule has 0 spiro atoms. The van der Waals surface area contributed by atoms with Crippen LogP contribution in [0.5, 0.6) is 0 Å². The summed E-state index contributed by atoms with van der Waals surface area (Å²) in [7, 11) is 0. The van der Waals surface area contributed by atoms with Gasteiger partial charge in [-0.2, -0.15) is 0 Å². The van der Waals surface area contributed by atoms with E-state index in [1.54, 1.807) is 0 Å². The summed E-state index contributed by atoms with van der Waals surface area (Å²) in [5, 5.41) is 9.35. The molecule has 0 amide bonds. The van der Waals surface area contributed by atoms with Crippen LogP contribution in [0.3, 0.4) is 0 Å². The molecule has 0 aliphatic carbocycles. The first kappa shape index (κ1) is 47.7. The van der Waals surface area contributed by atoms with Crippen LogP contribution < -0.4 is 19.6 Å². The molecule has 14 aromatic carbocycles. The first-order valence-electron chi connectivity index (χ1n) is 27.3. The summed E-state index contributed by atoms with van der Waals surface area (Å²) in [6.45, 7) is 0. The topological polar surface area (TPSA) is 13.0 Å². The van der Waals surface area contributed by atoms with Crippen LogP contribution in [0, 0.1) is 0 Å². The standard InChI is InChI=1S/C76H54N4/c1-7-27-55(28-8-1)77(56-29-9-2-10-30-56)61-47-51-63(52-48-61)79(59-35-15-5-16-36-59)75-69-43-23-19-39-65(69)73(66-40-20-24-44-70(66)75)74-67-41-21-25-45-71(67)76(72-46-26-22-42-68(72)74)80(60-37-17-6-18-38-60)64-53-49-62(50-54-64)78(57-31-11-3-12-32-57)58-33-13-4-14-34-58/h1-54H. The summed E-state index contributed by atoms with van der Waals surface area (Å²) in [4.78, 5) is 9.54. The van der Waals surface area contributed by atoms with E-state index >= 15 is 0 Å². The maximum absolute atomic E-state index is 2.45. The van der Waals surface area contributed by atoms with Crippen LogP contribution in [-0.4, -0.2) is 0 Å². The summed E-state index contributed by atoms with van der Waals surface area (Å²) in [5.74, 6) is 0.